The zero-order valence-electron chi connectivity index (χ0n) is 69.2. The highest BCUT2D eigenvalue weighted by Gasteiger charge is 2.28. The van der Waals surface area contributed by atoms with Crippen LogP contribution in [0.25, 0.3) is 0 Å². The van der Waals surface area contributed by atoms with Crippen molar-refractivity contribution in [2.45, 2.75) is 165 Å². The van der Waals surface area contributed by atoms with Crippen molar-refractivity contribution >= 4 is 94.2 Å². The van der Waals surface area contributed by atoms with Crippen molar-refractivity contribution in [3.63, 3.8) is 0 Å². The molecule has 0 saturated carbocycles. The normalized spacial score (nSPS) is 11.9. The number of anilines is 3. The van der Waals surface area contributed by atoms with Gasteiger partial charge in [-0.15, -0.1) is 0 Å². The number of carbonyl (C=O) groups excluding carboxylic acids is 5. The van der Waals surface area contributed by atoms with E-state index in [-0.39, 0.29) is 92.4 Å². The van der Waals surface area contributed by atoms with Crippen LogP contribution in [0.2, 0.25) is 0 Å². The first-order valence-electron chi connectivity index (χ1n) is 38.4. The van der Waals surface area contributed by atoms with E-state index in [4.69, 9.17) is 29.9 Å². The number of nitro benzene ring substituents is 2. The molecule has 0 heterocycles. The molecule has 6 N–H and O–H groups in total. The SMILES string of the molecule is CC(C)C(Cc1ccc(NS(=O)(=O)c2ccccc2)cc1)C(=O)NO.CCN(CC)CC.CCOC(=O)C(Cc1ccc(N)cc1)C(C)C.CCOC(=O)C(Cc1ccc(NS(=O)(=O)c2ccccc2)cc1)C(C)C.CCOC(=O)C(Cc1ccc([N+](=O)[O-])cc1)C(C)C.CCOC(=O)CC(C)C.O=[N+]([O-])c1ccc(CBr)cc1. The standard InChI is InChI=1S/C20H25NO4S.C18H22N2O4S.C14H19NO4.C14H21NO2.C7H6BrNO2.C7H14O2.C6H15N/c1-4-25-20(22)19(15(2)3)14-16-10-12-17(13-11-16)21-26(23,24)18-8-6-5-7-9-18;1-13(2)17(18(21)19-22)12-14-8-10-15(11-9-14)20-25(23,24)16-6-4-3-5-7-16;1-4-19-14(16)13(10(2)3)9-11-5-7-12(8-6-11)15(17)18;1-4-17-14(16)13(10(2)3)9-11-5-7-12(15)8-6-11;8-5-6-1-3-7(4-2-6)9(10)11;1-4-9-7(8)5-6(2)3;1-4-7(5-2)6-3/h5-13,15,19,21H,4,14H2,1-3H3;3-11,13,17,20,22H,12H2,1-2H3,(H,19,21);5-8,10,13H,4,9H2,1-3H3;5-8,10,13H,4,9,15H2,1-3H3;1-4H,5H2;6H,4-5H2,1-3H3;4-6H2,1-3H3. The minimum absolute atomic E-state index is 0.0565. The number of esters is 4. The van der Waals surface area contributed by atoms with Crippen molar-refractivity contribution < 1.29 is 74.8 Å². The minimum atomic E-state index is -3.63. The van der Waals surface area contributed by atoms with Crippen LogP contribution in [0.15, 0.2) is 192 Å². The van der Waals surface area contributed by atoms with Crippen LogP contribution >= 0.6 is 15.9 Å². The Kier molecular flexibility index (Phi) is 50.1. The lowest BCUT2D eigenvalue weighted by molar-refractivity contribution is -0.385. The van der Waals surface area contributed by atoms with Crippen molar-refractivity contribution in [2.24, 2.45) is 53.3 Å². The number of benzene rings is 7. The molecule has 25 nitrogen and oxygen atoms in total. The van der Waals surface area contributed by atoms with Crippen LogP contribution in [-0.4, -0.2) is 113 Å². The Labute approximate surface area is 684 Å². The van der Waals surface area contributed by atoms with Gasteiger partial charge >= 0.3 is 23.9 Å². The Morgan fingerprint density at radius 1 is 0.430 bits per heavy atom. The third kappa shape index (κ3) is 40.9. The molecule has 1 amide bonds. The average molecular weight is 1690 g/mol. The fourth-order valence-electron chi connectivity index (χ4n) is 10.6. The zero-order valence-corrected chi connectivity index (χ0v) is 72.4. The topological polar surface area (TPSA) is 362 Å². The molecule has 0 bridgehead atoms. The molecule has 0 saturated heterocycles. The fourth-order valence-corrected chi connectivity index (χ4v) is 13.2. The van der Waals surface area contributed by atoms with Crippen molar-refractivity contribution in [1.82, 2.24) is 10.4 Å². The van der Waals surface area contributed by atoms with Crippen LogP contribution in [0, 0.1) is 73.5 Å². The first-order valence-corrected chi connectivity index (χ1v) is 42.5. The number of nitrogens with zero attached hydrogens (tertiary/aromatic N) is 3. The van der Waals surface area contributed by atoms with E-state index in [9.17, 15) is 61.0 Å². The number of nitrogens with two attached hydrogens (primary N) is 1. The number of halogens is 1. The van der Waals surface area contributed by atoms with Gasteiger partial charge < -0.3 is 29.6 Å². The third-order valence-electron chi connectivity index (χ3n) is 17.4. The number of nitro groups is 2. The number of amides is 1. The van der Waals surface area contributed by atoms with Gasteiger partial charge in [0.2, 0.25) is 5.91 Å². The lowest BCUT2D eigenvalue weighted by Crippen LogP contribution is -2.32. The minimum Gasteiger partial charge on any atom is -0.466 e. The fraction of sp³-hybridized carbons (Fsp3) is 0.453. The number of alkyl halides is 1. The summed E-state index contributed by atoms with van der Waals surface area (Å²) in [5, 5.41) is 30.3. The molecule has 0 spiro atoms. The van der Waals surface area contributed by atoms with Crippen LogP contribution in [-0.2, 0) is 94.0 Å². The molecule has 0 aliphatic carbocycles. The van der Waals surface area contributed by atoms with E-state index >= 15 is 0 Å². The number of nitrogens with one attached hydrogen (secondary N) is 3. The molecule has 114 heavy (non-hydrogen) atoms. The number of hydrogen-bond acceptors (Lipinski definition) is 20. The van der Waals surface area contributed by atoms with Gasteiger partial charge in [0.05, 0.1) is 63.8 Å². The molecule has 7 rings (SSSR count). The van der Waals surface area contributed by atoms with Gasteiger partial charge in [0.25, 0.3) is 31.4 Å². The molecule has 0 aromatic heterocycles. The number of hydrogen-bond donors (Lipinski definition) is 5. The van der Waals surface area contributed by atoms with Gasteiger partial charge in [0.15, 0.2) is 0 Å². The first kappa shape index (κ1) is 102. The van der Waals surface area contributed by atoms with E-state index < -0.39 is 35.8 Å². The number of non-ortho nitro benzene ring substituents is 2. The molecule has 7 aromatic carbocycles. The van der Waals surface area contributed by atoms with Gasteiger partial charge in [-0.1, -0.05) is 203 Å². The second-order valence-corrected chi connectivity index (χ2v) is 31.9. The molecule has 628 valence electrons. The van der Waals surface area contributed by atoms with Crippen LogP contribution in [0.5, 0.6) is 0 Å². The van der Waals surface area contributed by atoms with Gasteiger partial charge in [-0.2, -0.15) is 0 Å². The van der Waals surface area contributed by atoms with Crippen molar-refractivity contribution in [1.29, 1.82) is 0 Å². The maximum absolute atomic E-state index is 12.3. The summed E-state index contributed by atoms with van der Waals surface area (Å²) >= 11 is 3.25. The second kappa shape index (κ2) is 55.8. The molecule has 4 unspecified atom stereocenters. The molecule has 0 fully saturated rings. The number of carbonyl (C=O) groups is 5. The summed E-state index contributed by atoms with van der Waals surface area (Å²) in [5.74, 6) is -0.875. The smallest absolute Gasteiger partial charge is 0.309 e. The summed E-state index contributed by atoms with van der Waals surface area (Å²) in [4.78, 5) is 80.8. The Morgan fingerprint density at radius 3 is 0.956 bits per heavy atom. The number of nitrogen functional groups attached to an aromatic ring is 1. The van der Waals surface area contributed by atoms with E-state index in [0.29, 0.717) is 75.8 Å². The number of sulfonamides is 2. The highest BCUT2D eigenvalue weighted by molar-refractivity contribution is 9.08. The summed E-state index contributed by atoms with van der Waals surface area (Å²) < 4.78 is 74.4. The third-order valence-corrected chi connectivity index (χ3v) is 20.9. The highest BCUT2D eigenvalue weighted by atomic mass is 79.9. The van der Waals surface area contributed by atoms with Crippen LogP contribution in [0.1, 0.15) is 152 Å². The Bertz CT molecular complexity index is 4130. The quantitative estimate of drug-likeness (QED) is 0.00476. The molecule has 0 aliphatic rings. The summed E-state index contributed by atoms with van der Waals surface area (Å²) in [6, 6.07) is 50.6. The maximum Gasteiger partial charge on any atom is 0.309 e. The zero-order chi connectivity index (χ0) is 86.1. The van der Waals surface area contributed by atoms with Gasteiger partial charge in [-0.25, -0.2) is 22.3 Å². The van der Waals surface area contributed by atoms with Crippen LogP contribution < -0.4 is 20.7 Å². The average Bonchev–Trinajstić information content (AvgIpc) is 0.859. The molecule has 28 heteroatoms. The summed E-state index contributed by atoms with van der Waals surface area (Å²) in [7, 11) is -7.23. The molecule has 0 aliphatic heterocycles. The van der Waals surface area contributed by atoms with E-state index in [0.717, 1.165) is 38.8 Å². The predicted octanol–water partition coefficient (Wildman–Crippen LogP) is 17.7. The lowest BCUT2D eigenvalue weighted by atomic mass is 9.88. The van der Waals surface area contributed by atoms with Gasteiger partial charge in [-0.05, 0) is 191 Å². The summed E-state index contributed by atoms with van der Waals surface area (Å²) in [6.45, 7) is 38.8. The lowest BCUT2D eigenvalue weighted by Gasteiger charge is -2.19. The molecular formula is C86H122BrN7O18S2. The molecular weight excluding hydrogens is 1560 g/mol. The summed E-state index contributed by atoms with van der Waals surface area (Å²) in [5.41, 5.74) is 14.1. The highest BCUT2D eigenvalue weighted by Crippen LogP contribution is 2.26. The van der Waals surface area contributed by atoms with Crippen LogP contribution in [0.4, 0.5) is 28.4 Å². The number of ether oxygens (including phenoxy) is 4. The van der Waals surface area contributed by atoms with Crippen molar-refractivity contribution in [2.75, 3.05) is 61.2 Å². The van der Waals surface area contributed by atoms with Crippen molar-refractivity contribution in [3.8, 4) is 0 Å². The Balaban J connectivity index is 0.000000692. The van der Waals surface area contributed by atoms with Gasteiger partial charge in [-0.3, -0.25) is 58.9 Å². The Hall–Kier alpha value is -9.61. The predicted molar refractivity (Wildman–Crippen MR) is 455 cm³/mol. The summed E-state index contributed by atoms with van der Waals surface area (Å²) in [6.07, 6.45) is 2.79. The van der Waals surface area contributed by atoms with Crippen LogP contribution in [0.3, 0.4) is 0 Å². The molecule has 7 aromatic rings. The second-order valence-electron chi connectivity index (χ2n) is 27.9. The maximum atomic E-state index is 12.3. The molecule has 0 radical (unpaired) electrons. The molecule has 4 atom stereocenters. The van der Waals surface area contributed by atoms with Gasteiger partial charge in [0, 0.05) is 59.0 Å². The first-order chi connectivity index (χ1) is 53.9. The Morgan fingerprint density at radius 2 is 0.711 bits per heavy atom. The van der Waals surface area contributed by atoms with Gasteiger partial charge in [0.1, 0.15) is 0 Å². The van der Waals surface area contributed by atoms with Crippen molar-refractivity contribution in [3.05, 3.63) is 230 Å². The number of rotatable bonds is 34. The van der Waals surface area contributed by atoms with E-state index in [1.807, 2.05) is 119 Å². The van der Waals surface area contributed by atoms with E-state index in [1.165, 1.54) is 56.0 Å². The largest absolute Gasteiger partial charge is 0.466 e. The number of hydroxylamine groups is 1. The monoisotopic (exact) mass is 1680 g/mol. The van der Waals surface area contributed by atoms with E-state index in [1.54, 1.807) is 129 Å². The van der Waals surface area contributed by atoms with E-state index in [2.05, 4.69) is 51.0 Å².